The normalized spacial score (nSPS) is 21.3. The predicted molar refractivity (Wildman–Crippen MR) is 71.1 cm³/mol. The fourth-order valence-corrected chi connectivity index (χ4v) is 2.87. The first-order chi connectivity index (χ1) is 8.09. The quantitative estimate of drug-likeness (QED) is 0.865. The van der Waals surface area contributed by atoms with Gasteiger partial charge in [-0.1, -0.05) is 32.0 Å². The summed E-state index contributed by atoms with van der Waals surface area (Å²) in [5.74, 6) is 1.17. The highest BCUT2D eigenvalue weighted by Crippen LogP contribution is 2.29. The van der Waals surface area contributed by atoms with Gasteiger partial charge in [0.15, 0.2) is 0 Å². The molecule has 1 unspecified atom stereocenters. The minimum atomic E-state index is 0.474. The Bertz CT molecular complexity index is 387. The summed E-state index contributed by atoms with van der Waals surface area (Å²) in [6, 6.07) is 6.71. The Morgan fingerprint density at radius 3 is 2.88 bits per heavy atom. The first-order valence-corrected chi connectivity index (χ1v) is 6.61. The van der Waals surface area contributed by atoms with Crippen molar-refractivity contribution in [3.63, 3.8) is 0 Å². The maximum absolute atomic E-state index is 10.1. The summed E-state index contributed by atoms with van der Waals surface area (Å²) in [6.07, 6.45) is 2.58. The largest absolute Gasteiger partial charge is 0.507 e. The van der Waals surface area contributed by atoms with Crippen molar-refractivity contribution in [2.75, 3.05) is 6.54 Å². The first-order valence-electron chi connectivity index (χ1n) is 6.61. The Balaban J connectivity index is 2.12. The highest BCUT2D eigenvalue weighted by atomic mass is 16.3. The summed E-state index contributed by atoms with van der Waals surface area (Å²) in [7, 11) is 0. The lowest BCUT2D eigenvalue weighted by atomic mass is 10.0. The number of aromatic hydroxyl groups is 1. The number of hydrogen-bond donors (Lipinski definition) is 1. The van der Waals surface area contributed by atoms with Gasteiger partial charge in [0.25, 0.3) is 0 Å². The second kappa shape index (κ2) is 5.09. The molecule has 0 radical (unpaired) electrons. The van der Waals surface area contributed by atoms with Crippen molar-refractivity contribution in [3.05, 3.63) is 29.3 Å². The Morgan fingerprint density at radius 2 is 2.18 bits per heavy atom. The van der Waals surface area contributed by atoms with Gasteiger partial charge in [0, 0.05) is 18.2 Å². The molecule has 2 heteroatoms. The van der Waals surface area contributed by atoms with Crippen LogP contribution in [0, 0.1) is 12.8 Å². The SMILES string of the molecule is Cc1cccc(CN2CCCC2C(C)C)c1O. The Morgan fingerprint density at radius 1 is 1.41 bits per heavy atom. The first kappa shape index (κ1) is 12.4. The molecule has 2 nitrogen and oxygen atoms in total. The Hall–Kier alpha value is -1.02. The fraction of sp³-hybridized carbons (Fsp3) is 0.600. The molecule has 1 aliphatic rings. The van der Waals surface area contributed by atoms with Gasteiger partial charge in [0.2, 0.25) is 0 Å². The maximum atomic E-state index is 10.1. The molecular formula is C15H23NO. The maximum Gasteiger partial charge on any atom is 0.122 e. The number of phenolic OH excluding ortho intramolecular Hbond substituents is 1. The average Bonchev–Trinajstić information content (AvgIpc) is 2.73. The highest BCUT2D eigenvalue weighted by Gasteiger charge is 2.27. The molecule has 1 aliphatic heterocycles. The van der Waals surface area contributed by atoms with Crippen molar-refractivity contribution in [1.82, 2.24) is 4.90 Å². The predicted octanol–water partition coefficient (Wildman–Crippen LogP) is 3.32. The van der Waals surface area contributed by atoms with Crippen LogP contribution in [0.5, 0.6) is 5.75 Å². The van der Waals surface area contributed by atoms with E-state index in [1.165, 1.54) is 12.8 Å². The van der Waals surface area contributed by atoms with Crippen LogP contribution in [-0.2, 0) is 6.54 Å². The molecule has 1 heterocycles. The summed E-state index contributed by atoms with van der Waals surface area (Å²) in [5, 5.41) is 10.1. The molecule has 1 N–H and O–H groups in total. The zero-order chi connectivity index (χ0) is 12.4. The van der Waals surface area contributed by atoms with Gasteiger partial charge < -0.3 is 5.11 Å². The molecule has 0 aromatic heterocycles. The number of hydrogen-bond acceptors (Lipinski definition) is 2. The van der Waals surface area contributed by atoms with Crippen molar-refractivity contribution in [1.29, 1.82) is 0 Å². The standard InChI is InChI=1S/C15H23NO/c1-11(2)14-8-5-9-16(14)10-13-7-4-6-12(3)15(13)17/h4,6-7,11,14,17H,5,8-10H2,1-3H3. The number of aryl methyl sites for hydroxylation is 1. The van der Waals surface area contributed by atoms with Crippen LogP contribution in [0.3, 0.4) is 0 Å². The summed E-state index contributed by atoms with van der Waals surface area (Å²) >= 11 is 0. The number of para-hydroxylation sites is 1. The molecule has 2 rings (SSSR count). The third kappa shape index (κ3) is 2.63. The number of benzene rings is 1. The van der Waals surface area contributed by atoms with Gasteiger partial charge in [0.1, 0.15) is 5.75 Å². The van der Waals surface area contributed by atoms with Crippen LogP contribution in [-0.4, -0.2) is 22.6 Å². The van der Waals surface area contributed by atoms with Gasteiger partial charge in [-0.2, -0.15) is 0 Å². The molecule has 1 aromatic rings. The van der Waals surface area contributed by atoms with E-state index in [2.05, 4.69) is 18.7 Å². The zero-order valence-electron chi connectivity index (χ0n) is 11.1. The minimum Gasteiger partial charge on any atom is -0.507 e. The molecule has 0 bridgehead atoms. The fourth-order valence-electron chi connectivity index (χ4n) is 2.87. The summed E-state index contributed by atoms with van der Waals surface area (Å²) in [6.45, 7) is 8.59. The van der Waals surface area contributed by atoms with Crippen molar-refractivity contribution in [3.8, 4) is 5.75 Å². The van der Waals surface area contributed by atoms with Crippen LogP contribution < -0.4 is 0 Å². The van der Waals surface area contributed by atoms with Crippen molar-refractivity contribution < 1.29 is 5.11 Å². The molecule has 0 amide bonds. The van der Waals surface area contributed by atoms with E-state index in [1.807, 2.05) is 25.1 Å². The van der Waals surface area contributed by atoms with Crippen LogP contribution in [0.25, 0.3) is 0 Å². The van der Waals surface area contributed by atoms with E-state index < -0.39 is 0 Å². The smallest absolute Gasteiger partial charge is 0.122 e. The van der Waals surface area contributed by atoms with E-state index in [0.717, 1.165) is 24.2 Å². The zero-order valence-corrected chi connectivity index (χ0v) is 11.1. The highest BCUT2D eigenvalue weighted by molar-refractivity contribution is 5.39. The lowest BCUT2D eigenvalue weighted by Gasteiger charge is -2.27. The van der Waals surface area contributed by atoms with Crippen LogP contribution in [0.15, 0.2) is 18.2 Å². The molecule has 17 heavy (non-hydrogen) atoms. The third-order valence-corrected chi connectivity index (χ3v) is 3.88. The second-order valence-electron chi connectivity index (χ2n) is 5.51. The van der Waals surface area contributed by atoms with E-state index in [9.17, 15) is 5.11 Å². The molecule has 1 saturated heterocycles. The van der Waals surface area contributed by atoms with Crippen LogP contribution >= 0.6 is 0 Å². The van der Waals surface area contributed by atoms with Crippen molar-refractivity contribution in [2.45, 2.75) is 46.2 Å². The summed E-state index contributed by atoms with van der Waals surface area (Å²) in [4.78, 5) is 2.51. The number of likely N-dealkylation sites (tertiary alicyclic amines) is 1. The minimum absolute atomic E-state index is 0.474. The number of phenols is 1. The molecule has 0 spiro atoms. The van der Waals surface area contributed by atoms with Gasteiger partial charge in [-0.15, -0.1) is 0 Å². The number of rotatable bonds is 3. The van der Waals surface area contributed by atoms with Gasteiger partial charge in [-0.3, -0.25) is 4.90 Å². The van der Waals surface area contributed by atoms with E-state index in [1.54, 1.807) is 0 Å². The molecule has 94 valence electrons. The van der Waals surface area contributed by atoms with E-state index in [-0.39, 0.29) is 0 Å². The van der Waals surface area contributed by atoms with E-state index in [0.29, 0.717) is 17.7 Å². The monoisotopic (exact) mass is 233 g/mol. The summed E-state index contributed by atoms with van der Waals surface area (Å²) in [5.41, 5.74) is 2.04. The topological polar surface area (TPSA) is 23.5 Å². The molecule has 1 aromatic carbocycles. The van der Waals surface area contributed by atoms with E-state index >= 15 is 0 Å². The van der Waals surface area contributed by atoms with E-state index in [4.69, 9.17) is 0 Å². The average molecular weight is 233 g/mol. The van der Waals surface area contributed by atoms with Crippen molar-refractivity contribution >= 4 is 0 Å². The van der Waals surface area contributed by atoms with Crippen molar-refractivity contribution in [2.24, 2.45) is 5.92 Å². The van der Waals surface area contributed by atoms with Crippen LogP contribution in [0.4, 0.5) is 0 Å². The lowest BCUT2D eigenvalue weighted by Crippen LogP contribution is -2.32. The van der Waals surface area contributed by atoms with Crippen LogP contribution in [0.2, 0.25) is 0 Å². The Labute approximate surface area is 104 Å². The van der Waals surface area contributed by atoms with Gasteiger partial charge in [-0.25, -0.2) is 0 Å². The molecular weight excluding hydrogens is 210 g/mol. The van der Waals surface area contributed by atoms with Gasteiger partial charge >= 0.3 is 0 Å². The van der Waals surface area contributed by atoms with Crippen LogP contribution in [0.1, 0.15) is 37.8 Å². The molecule has 0 saturated carbocycles. The van der Waals surface area contributed by atoms with Gasteiger partial charge in [-0.05, 0) is 37.8 Å². The van der Waals surface area contributed by atoms with Gasteiger partial charge in [0.05, 0.1) is 0 Å². The molecule has 1 atom stereocenters. The Kier molecular flexibility index (Phi) is 3.72. The lowest BCUT2D eigenvalue weighted by molar-refractivity contribution is 0.197. The molecule has 0 aliphatic carbocycles. The summed E-state index contributed by atoms with van der Waals surface area (Å²) < 4.78 is 0. The molecule has 1 fully saturated rings. The second-order valence-corrected chi connectivity index (χ2v) is 5.51. The third-order valence-electron chi connectivity index (χ3n) is 3.88. The number of nitrogens with zero attached hydrogens (tertiary/aromatic N) is 1.